The molecule has 0 aromatic heterocycles. The fourth-order valence-electron chi connectivity index (χ4n) is 0.530. The average Bonchev–Trinajstić information content (AvgIpc) is 1.87. The Bertz CT molecular complexity index is 95.7. The maximum atomic E-state index is 9.22. The summed E-state index contributed by atoms with van der Waals surface area (Å²) in [7, 11) is 0. The second-order valence-electron chi connectivity index (χ2n) is 2.54. The van der Waals surface area contributed by atoms with Crippen molar-refractivity contribution < 1.29 is 9.84 Å². The predicted molar refractivity (Wildman–Crippen MR) is 39.3 cm³/mol. The van der Waals surface area contributed by atoms with Gasteiger partial charge in [0.05, 0.1) is 6.10 Å². The van der Waals surface area contributed by atoms with Crippen molar-refractivity contribution in [2.24, 2.45) is 11.5 Å². The van der Waals surface area contributed by atoms with Crippen LogP contribution in [0.2, 0.25) is 0 Å². The minimum Gasteiger partial charge on any atom is -0.365 e. The lowest BCUT2D eigenvalue weighted by Crippen LogP contribution is -2.41. The molecule has 0 saturated carbocycles. The first kappa shape index (κ1) is 9.84. The Morgan fingerprint density at radius 1 is 1.60 bits per heavy atom. The van der Waals surface area contributed by atoms with E-state index >= 15 is 0 Å². The summed E-state index contributed by atoms with van der Waals surface area (Å²) in [5.41, 5.74) is 10.5. The molecule has 0 spiro atoms. The summed E-state index contributed by atoms with van der Waals surface area (Å²) in [6.45, 7) is 3.76. The zero-order chi connectivity index (χ0) is 8.20. The van der Waals surface area contributed by atoms with Crippen molar-refractivity contribution in [2.75, 3.05) is 13.1 Å². The van der Waals surface area contributed by atoms with Gasteiger partial charge in [0.1, 0.15) is 0 Å². The van der Waals surface area contributed by atoms with Crippen LogP contribution in [0.1, 0.15) is 13.8 Å². The molecule has 0 saturated heterocycles. The Balaban J connectivity index is 3.64. The van der Waals surface area contributed by atoms with Crippen LogP contribution in [0, 0.1) is 0 Å². The van der Waals surface area contributed by atoms with Gasteiger partial charge >= 0.3 is 0 Å². The molecular weight excluding hydrogens is 132 g/mol. The molecule has 0 fully saturated rings. The number of ether oxygens (including phenoxy) is 1. The molecule has 2 atom stereocenters. The first-order chi connectivity index (χ1) is 4.52. The van der Waals surface area contributed by atoms with E-state index in [9.17, 15) is 5.11 Å². The molecule has 0 aromatic carbocycles. The monoisotopic (exact) mass is 148 g/mol. The highest BCUT2D eigenvalue weighted by Crippen LogP contribution is 2.05. The molecule has 0 rings (SSSR count). The molecule has 0 aliphatic rings. The van der Waals surface area contributed by atoms with Gasteiger partial charge in [-0.1, -0.05) is 0 Å². The van der Waals surface area contributed by atoms with Crippen LogP contribution >= 0.6 is 0 Å². The highest BCUT2D eigenvalue weighted by molar-refractivity contribution is 4.63. The molecule has 0 radical (unpaired) electrons. The lowest BCUT2D eigenvalue weighted by Gasteiger charge is -2.25. The average molecular weight is 148 g/mol. The number of aliphatic hydroxyl groups is 1. The second-order valence-corrected chi connectivity index (χ2v) is 2.54. The van der Waals surface area contributed by atoms with E-state index in [2.05, 4.69) is 0 Å². The van der Waals surface area contributed by atoms with Gasteiger partial charge in [-0.25, -0.2) is 0 Å². The normalized spacial score (nSPS) is 20.1. The maximum absolute atomic E-state index is 9.22. The molecule has 4 nitrogen and oxygen atoms in total. The van der Waals surface area contributed by atoms with E-state index in [-0.39, 0.29) is 12.6 Å². The summed E-state index contributed by atoms with van der Waals surface area (Å²) >= 11 is 0. The number of rotatable bonds is 4. The van der Waals surface area contributed by atoms with E-state index < -0.39 is 5.79 Å². The molecule has 0 heterocycles. The smallest absolute Gasteiger partial charge is 0.175 e. The molecule has 0 aromatic rings. The van der Waals surface area contributed by atoms with E-state index in [0.717, 1.165) is 0 Å². The Kier molecular flexibility index (Phi) is 3.81. The minimum absolute atomic E-state index is 0.0807. The summed E-state index contributed by atoms with van der Waals surface area (Å²) in [5.74, 6) is -1.24. The zero-order valence-corrected chi connectivity index (χ0v) is 6.50. The van der Waals surface area contributed by atoms with Crippen molar-refractivity contribution in [3.63, 3.8) is 0 Å². The Morgan fingerprint density at radius 3 is 2.40 bits per heavy atom. The van der Waals surface area contributed by atoms with E-state index in [0.29, 0.717) is 6.54 Å². The SMILES string of the molecule is CC(CN)OC(C)(O)CN. The molecule has 5 N–H and O–H groups in total. The maximum Gasteiger partial charge on any atom is 0.175 e. The standard InChI is InChI=1S/C6H16N2O2/c1-5(3-7)10-6(2,9)4-8/h5,9H,3-4,7-8H2,1-2H3. The van der Waals surface area contributed by atoms with Gasteiger partial charge in [-0.15, -0.1) is 0 Å². The molecule has 62 valence electrons. The fourth-order valence-corrected chi connectivity index (χ4v) is 0.530. The summed E-state index contributed by atoms with van der Waals surface area (Å²) in [4.78, 5) is 0. The van der Waals surface area contributed by atoms with E-state index in [1.807, 2.05) is 0 Å². The molecule has 2 unspecified atom stereocenters. The van der Waals surface area contributed by atoms with Gasteiger partial charge in [-0.3, -0.25) is 0 Å². The van der Waals surface area contributed by atoms with Crippen LogP contribution in [-0.4, -0.2) is 30.1 Å². The Labute approximate surface area is 61.2 Å². The van der Waals surface area contributed by atoms with Crippen LogP contribution in [-0.2, 0) is 4.74 Å². The highest BCUT2D eigenvalue weighted by Gasteiger charge is 2.20. The van der Waals surface area contributed by atoms with Crippen LogP contribution in [0.5, 0.6) is 0 Å². The van der Waals surface area contributed by atoms with Crippen LogP contribution in [0.25, 0.3) is 0 Å². The molecule has 4 heteroatoms. The third-order valence-corrected chi connectivity index (χ3v) is 1.17. The fraction of sp³-hybridized carbons (Fsp3) is 1.00. The van der Waals surface area contributed by atoms with Crippen molar-refractivity contribution in [1.82, 2.24) is 0 Å². The van der Waals surface area contributed by atoms with Gasteiger partial charge in [0.2, 0.25) is 0 Å². The van der Waals surface area contributed by atoms with Gasteiger partial charge in [0, 0.05) is 13.1 Å². The molecular formula is C6H16N2O2. The van der Waals surface area contributed by atoms with E-state index in [4.69, 9.17) is 16.2 Å². The molecule has 0 aliphatic carbocycles. The van der Waals surface area contributed by atoms with Gasteiger partial charge < -0.3 is 21.3 Å². The van der Waals surface area contributed by atoms with Gasteiger partial charge in [0.25, 0.3) is 0 Å². The number of hydrogen-bond acceptors (Lipinski definition) is 4. The predicted octanol–water partition coefficient (Wildman–Crippen LogP) is -0.983. The quantitative estimate of drug-likeness (QED) is 0.447. The molecule has 0 aliphatic heterocycles. The van der Waals surface area contributed by atoms with Gasteiger partial charge in [-0.2, -0.15) is 0 Å². The number of hydrogen-bond donors (Lipinski definition) is 3. The summed E-state index contributed by atoms with van der Waals surface area (Å²) in [5, 5.41) is 9.22. The van der Waals surface area contributed by atoms with E-state index in [1.165, 1.54) is 6.92 Å². The first-order valence-electron chi connectivity index (χ1n) is 3.32. The third kappa shape index (κ3) is 3.79. The third-order valence-electron chi connectivity index (χ3n) is 1.17. The van der Waals surface area contributed by atoms with Crippen molar-refractivity contribution >= 4 is 0 Å². The molecule has 10 heavy (non-hydrogen) atoms. The van der Waals surface area contributed by atoms with Crippen molar-refractivity contribution in [3.8, 4) is 0 Å². The van der Waals surface area contributed by atoms with Crippen LogP contribution < -0.4 is 11.5 Å². The summed E-state index contributed by atoms with van der Waals surface area (Å²) < 4.78 is 5.04. The van der Waals surface area contributed by atoms with Crippen LogP contribution in [0.4, 0.5) is 0 Å². The first-order valence-corrected chi connectivity index (χ1v) is 3.32. The molecule has 0 amide bonds. The molecule has 0 bridgehead atoms. The summed E-state index contributed by atoms with van der Waals surface area (Å²) in [6.07, 6.45) is -0.154. The van der Waals surface area contributed by atoms with E-state index in [1.54, 1.807) is 6.92 Å². The Morgan fingerprint density at radius 2 is 2.10 bits per heavy atom. The van der Waals surface area contributed by atoms with Crippen LogP contribution in [0.3, 0.4) is 0 Å². The van der Waals surface area contributed by atoms with Gasteiger partial charge in [-0.05, 0) is 13.8 Å². The van der Waals surface area contributed by atoms with Crippen molar-refractivity contribution in [3.05, 3.63) is 0 Å². The zero-order valence-electron chi connectivity index (χ0n) is 6.50. The topological polar surface area (TPSA) is 81.5 Å². The van der Waals surface area contributed by atoms with Crippen molar-refractivity contribution in [2.45, 2.75) is 25.7 Å². The van der Waals surface area contributed by atoms with Crippen molar-refractivity contribution in [1.29, 1.82) is 0 Å². The van der Waals surface area contributed by atoms with Crippen LogP contribution in [0.15, 0.2) is 0 Å². The second kappa shape index (κ2) is 3.88. The minimum atomic E-state index is -1.24. The summed E-state index contributed by atoms with van der Waals surface area (Å²) in [6, 6.07) is 0. The highest BCUT2D eigenvalue weighted by atomic mass is 16.6. The number of nitrogens with two attached hydrogens (primary N) is 2. The van der Waals surface area contributed by atoms with Gasteiger partial charge in [0.15, 0.2) is 5.79 Å². The lowest BCUT2D eigenvalue weighted by molar-refractivity contribution is -0.204. The Hall–Kier alpha value is -0.160. The lowest BCUT2D eigenvalue weighted by atomic mass is 10.3. The largest absolute Gasteiger partial charge is 0.365 e.